The number of methoxy groups -OCH3 is 1. The van der Waals surface area contributed by atoms with E-state index in [0.717, 1.165) is 4.31 Å². The zero-order chi connectivity index (χ0) is 32.4. The fourth-order valence-electron chi connectivity index (χ4n) is 4.82. The number of carboxylic acids is 1. The largest absolute Gasteiger partial charge is 0.480 e. The van der Waals surface area contributed by atoms with Gasteiger partial charge in [0.2, 0.25) is 21.8 Å². The van der Waals surface area contributed by atoms with Gasteiger partial charge in [0.25, 0.3) is 5.91 Å². The van der Waals surface area contributed by atoms with Crippen LogP contribution >= 0.6 is 46.4 Å². The number of carbonyl (C=O) groups is 3. The molecule has 234 valence electrons. The molecule has 3 aromatic rings. The molecule has 0 unspecified atom stereocenters. The van der Waals surface area contributed by atoms with Crippen LogP contribution in [0.3, 0.4) is 0 Å². The molecule has 2 atom stereocenters. The number of nitrogens with zero attached hydrogens (tertiary/aromatic N) is 2. The molecule has 0 saturated carbocycles. The first-order valence-electron chi connectivity index (χ1n) is 13.0. The summed E-state index contributed by atoms with van der Waals surface area (Å²) in [5.74, 6) is -2.67. The lowest BCUT2D eigenvalue weighted by molar-refractivity contribution is -0.143. The van der Waals surface area contributed by atoms with Gasteiger partial charge < -0.3 is 20.5 Å². The van der Waals surface area contributed by atoms with Gasteiger partial charge in [-0.3, -0.25) is 9.59 Å². The molecule has 0 aliphatic carbocycles. The van der Waals surface area contributed by atoms with Crippen LogP contribution in [0, 0.1) is 0 Å². The molecule has 2 amide bonds. The molecule has 4 rings (SSSR count). The average Bonchev–Trinajstić information content (AvgIpc) is 3.37. The number of hydrogen-bond acceptors (Lipinski definition) is 7. The second-order valence-electron chi connectivity index (χ2n) is 10.1. The topological polar surface area (TPSA) is 155 Å². The summed E-state index contributed by atoms with van der Waals surface area (Å²) in [5.41, 5.74) is -0.717. The maximum atomic E-state index is 13.5. The van der Waals surface area contributed by atoms with E-state index in [1.54, 1.807) is 12.1 Å². The Balaban J connectivity index is 1.48. The minimum atomic E-state index is -4.20. The highest BCUT2D eigenvalue weighted by Crippen LogP contribution is 2.36. The van der Waals surface area contributed by atoms with E-state index in [2.05, 4.69) is 15.6 Å². The van der Waals surface area contributed by atoms with Crippen LogP contribution in [-0.2, 0) is 26.0 Å². The Labute approximate surface area is 273 Å². The van der Waals surface area contributed by atoms with Crippen molar-refractivity contribution in [1.82, 2.24) is 14.6 Å². The number of aromatic nitrogens is 1. The first-order chi connectivity index (χ1) is 20.7. The third-order valence-electron chi connectivity index (χ3n) is 7.11. The summed E-state index contributed by atoms with van der Waals surface area (Å²) < 4.78 is 33.1. The minimum Gasteiger partial charge on any atom is -0.480 e. The van der Waals surface area contributed by atoms with E-state index in [9.17, 15) is 27.9 Å². The van der Waals surface area contributed by atoms with E-state index in [4.69, 9.17) is 51.1 Å². The average molecular weight is 704 g/mol. The van der Waals surface area contributed by atoms with Gasteiger partial charge >= 0.3 is 5.97 Å². The number of hydrogen-bond donors (Lipinski definition) is 3. The predicted molar refractivity (Wildman–Crippen MR) is 166 cm³/mol. The molecule has 16 heteroatoms. The van der Waals surface area contributed by atoms with E-state index < -0.39 is 39.4 Å². The summed E-state index contributed by atoms with van der Waals surface area (Å²) in [4.78, 5) is 42.2. The van der Waals surface area contributed by atoms with Gasteiger partial charge in [-0.15, -0.1) is 0 Å². The molecule has 2 aromatic carbocycles. The smallest absolute Gasteiger partial charge is 0.326 e. The fourth-order valence-corrected chi connectivity index (χ4v) is 7.95. The summed E-state index contributed by atoms with van der Waals surface area (Å²) in [6, 6.07) is 8.71. The van der Waals surface area contributed by atoms with Crippen LogP contribution in [0.15, 0.2) is 53.6 Å². The second-order valence-corrected chi connectivity index (χ2v) is 13.6. The first-order valence-corrected chi connectivity index (χ1v) is 15.9. The molecule has 1 saturated heterocycles. The number of ether oxygens (including phenoxy) is 1. The Morgan fingerprint density at radius 3 is 2.32 bits per heavy atom. The SMILES string of the molecule is COc1ncc(Cl)c(C(=O)Nc2ccc(C[C@H](NC(=O)[C@]3(C)CCCN3S(=O)(=O)c3cc(Cl)cc(Cl)c3)C(=O)O)cc2)c1Cl. The van der Waals surface area contributed by atoms with Gasteiger partial charge in [0.15, 0.2) is 0 Å². The van der Waals surface area contributed by atoms with Crippen LogP contribution in [0.25, 0.3) is 0 Å². The Kier molecular flexibility index (Phi) is 10.3. The van der Waals surface area contributed by atoms with Crippen molar-refractivity contribution < 1.29 is 32.6 Å². The summed E-state index contributed by atoms with van der Waals surface area (Å²) in [7, 11) is -2.85. The maximum Gasteiger partial charge on any atom is 0.326 e. The number of nitrogens with one attached hydrogen (secondary N) is 2. The number of sulfonamides is 1. The molecule has 1 aliphatic rings. The van der Waals surface area contributed by atoms with Crippen LogP contribution in [-0.4, -0.2) is 65.8 Å². The van der Waals surface area contributed by atoms with Gasteiger partial charge in [-0.1, -0.05) is 58.5 Å². The summed E-state index contributed by atoms with van der Waals surface area (Å²) in [6.07, 6.45) is 1.66. The van der Waals surface area contributed by atoms with Gasteiger partial charge in [0, 0.05) is 28.7 Å². The number of carboxylic acid groups (broad SMARTS) is 1. The summed E-state index contributed by atoms with van der Waals surface area (Å²) in [5, 5.41) is 15.2. The lowest BCUT2D eigenvalue weighted by Crippen LogP contribution is -2.58. The van der Waals surface area contributed by atoms with E-state index in [-0.39, 0.29) is 55.8 Å². The number of halogens is 4. The van der Waals surface area contributed by atoms with Gasteiger partial charge in [0.05, 0.1) is 28.8 Å². The molecule has 11 nitrogen and oxygen atoms in total. The number of anilines is 1. The highest BCUT2D eigenvalue weighted by Gasteiger charge is 2.50. The van der Waals surface area contributed by atoms with Crippen LogP contribution in [0.1, 0.15) is 35.7 Å². The number of amides is 2. The van der Waals surface area contributed by atoms with Gasteiger partial charge in [0.1, 0.15) is 16.6 Å². The van der Waals surface area contributed by atoms with Gasteiger partial charge in [-0.05, 0) is 55.7 Å². The van der Waals surface area contributed by atoms with Crippen LogP contribution in [0.4, 0.5) is 5.69 Å². The lowest BCUT2D eigenvalue weighted by Gasteiger charge is -2.34. The summed E-state index contributed by atoms with van der Waals surface area (Å²) in [6.45, 7) is 1.50. The Morgan fingerprint density at radius 1 is 1.09 bits per heavy atom. The zero-order valence-corrected chi connectivity index (χ0v) is 27.1. The van der Waals surface area contributed by atoms with Gasteiger partial charge in [-0.25, -0.2) is 18.2 Å². The van der Waals surface area contributed by atoms with Crippen molar-refractivity contribution in [3.8, 4) is 5.88 Å². The molecule has 1 fully saturated rings. The van der Waals surface area contributed by atoms with Crippen LogP contribution in [0.5, 0.6) is 5.88 Å². The highest BCUT2D eigenvalue weighted by molar-refractivity contribution is 7.89. The fraction of sp³-hybridized carbons (Fsp3) is 0.286. The molecule has 44 heavy (non-hydrogen) atoms. The van der Waals surface area contributed by atoms with Crippen molar-refractivity contribution in [2.45, 2.75) is 42.7 Å². The Morgan fingerprint density at radius 2 is 1.73 bits per heavy atom. The van der Waals surface area contributed by atoms with Crippen LogP contribution < -0.4 is 15.4 Å². The molecule has 1 aliphatic heterocycles. The Hall–Kier alpha value is -3.13. The highest BCUT2D eigenvalue weighted by atomic mass is 35.5. The van der Waals surface area contributed by atoms with Crippen molar-refractivity contribution in [3.63, 3.8) is 0 Å². The zero-order valence-electron chi connectivity index (χ0n) is 23.2. The molecule has 0 radical (unpaired) electrons. The minimum absolute atomic E-state index is 0.0173. The van der Waals surface area contributed by atoms with Crippen LogP contribution in [0.2, 0.25) is 20.1 Å². The molecular weight excluding hydrogens is 678 g/mol. The van der Waals surface area contributed by atoms with Crippen molar-refractivity contribution >= 4 is 79.9 Å². The third kappa shape index (κ3) is 7.06. The van der Waals surface area contributed by atoms with Crippen molar-refractivity contribution in [2.75, 3.05) is 19.0 Å². The number of rotatable bonds is 10. The number of aliphatic carboxylic acids is 1. The molecule has 2 heterocycles. The maximum absolute atomic E-state index is 13.5. The predicted octanol–water partition coefficient (Wildman–Crippen LogP) is 5.31. The quantitative estimate of drug-likeness (QED) is 0.257. The molecule has 1 aromatic heterocycles. The van der Waals surface area contributed by atoms with E-state index in [1.807, 2.05) is 0 Å². The lowest BCUT2D eigenvalue weighted by atomic mass is 9.97. The Bertz CT molecular complexity index is 1700. The van der Waals surface area contributed by atoms with E-state index >= 15 is 0 Å². The molecule has 0 spiro atoms. The number of pyridine rings is 1. The monoisotopic (exact) mass is 702 g/mol. The van der Waals surface area contributed by atoms with Crippen molar-refractivity contribution in [2.24, 2.45) is 0 Å². The van der Waals surface area contributed by atoms with Crippen molar-refractivity contribution in [3.05, 3.63) is 79.9 Å². The third-order valence-corrected chi connectivity index (χ3v) is 10.2. The number of benzene rings is 2. The van der Waals surface area contributed by atoms with Gasteiger partial charge in [-0.2, -0.15) is 4.31 Å². The molecule has 3 N–H and O–H groups in total. The van der Waals surface area contributed by atoms with Crippen molar-refractivity contribution in [1.29, 1.82) is 0 Å². The summed E-state index contributed by atoms with van der Waals surface area (Å²) >= 11 is 24.3. The molecule has 0 bridgehead atoms. The van der Waals surface area contributed by atoms with E-state index in [0.29, 0.717) is 17.7 Å². The van der Waals surface area contributed by atoms with E-state index in [1.165, 1.54) is 50.6 Å². The molecular formula is C28H26Cl4N4O7S. The number of carbonyl (C=O) groups excluding carboxylic acids is 2. The normalized spacial score (nSPS) is 17.6. The standard InChI is InChI=1S/C28H26Cl4N4O7S/c1-28(8-3-9-36(28)44(41,42)19-12-16(29)11-17(30)13-19)27(40)35-21(26(38)39)10-15-4-6-18(7-5-15)34-24(37)22-20(31)14-33-25(43-2)23(22)32/h4-7,11-14,21H,3,8-10H2,1-2H3,(H,34,37)(H,35,40)(H,38,39)/t21-,28-/m0/s1. The second kappa shape index (κ2) is 13.5. The first kappa shape index (κ1) is 33.8.